The fourth-order valence-electron chi connectivity index (χ4n) is 3.51. The van der Waals surface area contributed by atoms with Gasteiger partial charge in [-0.25, -0.2) is 0 Å². The Kier molecular flexibility index (Phi) is 10.1. The first-order chi connectivity index (χ1) is 14.8. The van der Waals surface area contributed by atoms with Gasteiger partial charge in [0.05, 0.1) is 5.75 Å². The number of aryl methyl sites for hydroxylation is 2. The van der Waals surface area contributed by atoms with E-state index in [4.69, 9.17) is 0 Å². The highest BCUT2D eigenvalue weighted by atomic mass is 32.2. The zero-order chi connectivity index (χ0) is 22.8. The highest BCUT2D eigenvalue weighted by Gasteiger charge is 2.25. The van der Waals surface area contributed by atoms with Gasteiger partial charge in [0.25, 0.3) is 0 Å². The molecule has 0 heterocycles. The zero-order valence-corrected chi connectivity index (χ0v) is 20.3. The number of nitrogens with one attached hydrogen (secondary N) is 1. The van der Waals surface area contributed by atoms with Gasteiger partial charge in [-0.05, 0) is 44.2 Å². The second-order valence-corrected chi connectivity index (χ2v) is 9.61. The van der Waals surface area contributed by atoms with E-state index in [0.29, 0.717) is 24.8 Å². The van der Waals surface area contributed by atoms with Crippen molar-refractivity contribution < 1.29 is 9.59 Å². The van der Waals surface area contributed by atoms with Crippen LogP contribution in [-0.2, 0) is 21.8 Å². The molecule has 1 atom stereocenters. The van der Waals surface area contributed by atoms with Crippen LogP contribution in [0.25, 0.3) is 0 Å². The van der Waals surface area contributed by atoms with Crippen LogP contribution in [-0.4, -0.2) is 41.6 Å². The highest BCUT2D eigenvalue weighted by Crippen LogP contribution is 2.17. The van der Waals surface area contributed by atoms with E-state index in [9.17, 15) is 9.59 Å². The summed E-state index contributed by atoms with van der Waals surface area (Å²) >= 11 is 1.61. The molecule has 0 spiro atoms. The maximum atomic E-state index is 13.1. The molecule has 168 valence electrons. The van der Waals surface area contributed by atoms with Gasteiger partial charge in [0.2, 0.25) is 11.8 Å². The summed E-state index contributed by atoms with van der Waals surface area (Å²) in [6, 6.07) is 16.1. The van der Waals surface area contributed by atoms with Gasteiger partial charge < -0.3 is 10.2 Å². The predicted octanol–water partition coefficient (Wildman–Crippen LogP) is 4.77. The minimum Gasteiger partial charge on any atom is -0.354 e. The molecule has 2 aromatic carbocycles. The second-order valence-electron chi connectivity index (χ2n) is 8.63. The van der Waals surface area contributed by atoms with Crippen molar-refractivity contribution in [2.75, 3.05) is 18.8 Å². The molecule has 0 saturated heterocycles. The fourth-order valence-corrected chi connectivity index (χ4v) is 4.36. The number of amides is 2. The third-order valence-electron chi connectivity index (χ3n) is 5.11. The zero-order valence-electron chi connectivity index (χ0n) is 19.5. The number of rotatable bonds is 11. The van der Waals surface area contributed by atoms with Gasteiger partial charge in [0.1, 0.15) is 6.04 Å². The molecule has 2 rings (SSSR count). The van der Waals surface area contributed by atoms with Crippen molar-refractivity contribution in [3.8, 4) is 0 Å². The first-order valence-corrected chi connectivity index (χ1v) is 12.2. The van der Waals surface area contributed by atoms with E-state index >= 15 is 0 Å². The molecule has 0 saturated carbocycles. The van der Waals surface area contributed by atoms with Crippen molar-refractivity contribution in [1.29, 1.82) is 0 Å². The highest BCUT2D eigenvalue weighted by molar-refractivity contribution is 7.99. The van der Waals surface area contributed by atoms with Crippen molar-refractivity contribution in [3.05, 3.63) is 70.8 Å². The molecule has 0 fully saturated rings. The van der Waals surface area contributed by atoms with Gasteiger partial charge >= 0.3 is 0 Å². The fraction of sp³-hybridized carbons (Fsp3) is 0.462. The smallest absolute Gasteiger partial charge is 0.242 e. The normalized spacial score (nSPS) is 11.9. The van der Waals surface area contributed by atoms with E-state index in [1.807, 2.05) is 25.1 Å². The van der Waals surface area contributed by atoms with E-state index in [1.54, 1.807) is 16.7 Å². The Hall–Kier alpha value is -2.27. The van der Waals surface area contributed by atoms with Crippen molar-refractivity contribution in [3.63, 3.8) is 0 Å². The van der Waals surface area contributed by atoms with Crippen molar-refractivity contribution >= 4 is 23.6 Å². The molecule has 4 nitrogen and oxygen atoms in total. The van der Waals surface area contributed by atoms with Gasteiger partial charge in [-0.15, -0.1) is 11.8 Å². The Balaban J connectivity index is 2.00. The minimum atomic E-state index is -0.489. The molecule has 0 unspecified atom stereocenters. The first kappa shape index (κ1) is 25.0. The first-order valence-electron chi connectivity index (χ1n) is 11.0. The third-order valence-corrected chi connectivity index (χ3v) is 6.10. The summed E-state index contributed by atoms with van der Waals surface area (Å²) in [5.41, 5.74) is 4.87. The van der Waals surface area contributed by atoms with Crippen LogP contribution < -0.4 is 5.32 Å². The molecule has 31 heavy (non-hydrogen) atoms. The lowest BCUT2D eigenvalue weighted by Crippen LogP contribution is -2.50. The van der Waals surface area contributed by atoms with E-state index in [0.717, 1.165) is 17.7 Å². The molecular weight excluding hydrogens is 404 g/mol. The molecular formula is C26H36N2O2S. The molecule has 2 amide bonds. The van der Waals surface area contributed by atoms with Crippen LogP contribution in [0.15, 0.2) is 48.5 Å². The van der Waals surface area contributed by atoms with Gasteiger partial charge in [0, 0.05) is 18.8 Å². The van der Waals surface area contributed by atoms with Crippen LogP contribution >= 0.6 is 11.8 Å². The Bertz CT molecular complexity index is 831. The Morgan fingerprint density at radius 1 is 0.968 bits per heavy atom. The summed E-state index contributed by atoms with van der Waals surface area (Å²) in [7, 11) is 0. The van der Waals surface area contributed by atoms with Gasteiger partial charge in [0.15, 0.2) is 0 Å². The van der Waals surface area contributed by atoms with Crippen LogP contribution in [0.2, 0.25) is 0 Å². The number of carbonyl (C=O) groups is 2. The van der Waals surface area contributed by atoms with Gasteiger partial charge in [-0.2, -0.15) is 0 Å². The lowest BCUT2D eigenvalue weighted by Gasteiger charge is -2.29. The number of nitrogens with zero attached hydrogens (tertiary/aromatic N) is 1. The second kappa shape index (κ2) is 12.6. The summed E-state index contributed by atoms with van der Waals surface area (Å²) in [6.07, 6.45) is 0.732. The summed E-state index contributed by atoms with van der Waals surface area (Å²) in [5.74, 6) is 1.45. The topological polar surface area (TPSA) is 49.4 Å². The van der Waals surface area contributed by atoms with E-state index in [-0.39, 0.29) is 11.8 Å². The lowest BCUT2D eigenvalue weighted by atomic mass is 10.1. The monoisotopic (exact) mass is 440 g/mol. The molecule has 0 aliphatic carbocycles. The number of carbonyl (C=O) groups excluding carboxylic acids is 2. The van der Waals surface area contributed by atoms with E-state index < -0.39 is 6.04 Å². The minimum absolute atomic E-state index is 0.0116. The number of hydrogen-bond donors (Lipinski definition) is 1. The maximum absolute atomic E-state index is 13.1. The summed E-state index contributed by atoms with van der Waals surface area (Å²) in [4.78, 5) is 27.5. The van der Waals surface area contributed by atoms with Gasteiger partial charge in [-0.1, -0.05) is 73.5 Å². The molecule has 1 N–H and O–H groups in total. The average Bonchev–Trinajstić information content (AvgIpc) is 2.72. The number of thioether (sulfide) groups is 1. The Labute approximate surface area is 191 Å². The van der Waals surface area contributed by atoms with E-state index in [1.165, 1.54) is 16.7 Å². The summed E-state index contributed by atoms with van der Waals surface area (Å²) < 4.78 is 0. The van der Waals surface area contributed by atoms with Crippen molar-refractivity contribution in [2.24, 2.45) is 5.92 Å². The van der Waals surface area contributed by atoms with Crippen LogP contribution in [0.4, 0.5) is 0 Å². The SMILES string of the molecule is Cc1cc(C)cc(CSCC(=O)N(CCc2ccccc2)[C@H](C)C(=O)NCC(C)C)c1. The van der Waals surface area contributed by atoms with Crippen LogP contribution in [0.3, 0.4) is 0 Å². The lowest BCUT2D eigenvalue weighted by molar-refractivity contribution is -0.138. The Morgan fingerprint density at radius 2 is 1.61 bits per heavy atom. The third kappa shape index (κ3) is 8.78. The van der Waals surface area contributed by atoms with Crippen molar-refractivity contribution in [2.45, 2.75) is 52.8 Å². The van der Waals surface area contributed by atoms with Crippen LogP contribution in [0.1, 0.15) is 43.0 Å². The molecule has 0 bridgehead atoms. The largest absolute Gasteiger partial charge is 0.354 e. The van der Waals surface area contributed by atoms with E-state index in [2.05, 4.69) is 63.3 Å². The average molecular weight is 441 g/mol. The van der Waals surface area contributed by atoms with Crippen LogP contribution in [0, 0.1) is 19.8 Å². The molecule has 0 radical (unpaired) electrons. The molecule has 0 aromatic heterocycles. The standard InChI is InChI=1S/C26H36N2O2S/c1-19(2)16-27-26(30)22(5)28(12-11-23-9-7-6-8-10-23)25(29)18-31-17-24-14-20(3)13-21(4)15-24/h6-10,13-15,19,22H,11-12,16-18H2,1-5H3,(H,27,30)/t22-/m1/s1. The quantitative estimate of drug-likeness (QED) is 0.548. The maximum Gasteiger partial charge on any atom is 0.242 e. The van der Waals surface area contributed by atoms with Crippen molar-refractivity contribution in [1.82, 2.24) is 10.2 Å². The molecule has 0 aliphatic heterocycles. The molecule has 5 heteroatoms. The number of benzene rings is 2. The molecule has 2 aromatic rings. The summed E-state index contributed by atoms with van der Waals surface area (Å²) in [5, 5.41) is 2.97. The van der Waals surface area contributed by atoms with Gasteiger partial charge in [-0.3, -0.25) is 9.59 Å². The number of hydrogen-bond acceptors (Lipinski definition) is 3. The van der Waals surface area contributed by atoms with Crippen LogP contribution in [0.5, 0.6) is 0 Å². The predicted molar refractivity (Wildman–Crippen MR) is 131 cm³/mol. The summed E-state index contributed by atoms with van der Waals surface area (Å²) in [6.45, 7) is 11.3. The molecule has 0 aliphatic rings. The Morgan fingerprint density at radius 3 is 2.23 bits per heavy atom.